The van der Waals surface area contributed by atoms with Crippen molar-refractivity contribution in [3.05, 3.63) is 69.8 Å². The molecule has 0 bridgehead atoms. The Labute approximate surface area is 151 Å². The summed E-state index contributed by atoms with van der Waals surface area (Å²) in [5, 5.41) is 22.7. The first-order valence-corrected chi connectivity index (χ1v) is 8.88. The standard InChI is InChI=1S/C22H18O4/c1-11-9-13-5-3-7-15-17(13)21(19(11)23)22(26-15)18-14(10-12(2)20(22)24)6-4-8-16(18)25-21/h3-10,19-20,23-24H,1-2H3/t19-,20-,21+,22+/m1/s1. The zero-order valence-corrected chi connectivity index (χ0v) is 14.5. The van der Waals surface area contributed by atoms with Crippen LogP contribution in [-0.4, -0.2) is 22.4 Å². The van der Waals surface area contributed by atoms with Crippen molar-refractivity contribution in [2.24, 2.45) is 0 Å². The Morgan fingerprint density at radius 1 is 0.731 bits per heavy atom. The predicted molar refractivity (Wildman–Crippen MR) is 96.8 cm³/mol. The fourth-order valence-corrected chi connectivity index (χ4v) is 5.35. The number of ether oxygens (including phenoxy) is 2. The highest BCUT2D eigenvalue weighted by molar-refractivity contribution is 5.77. The second-order valence-electron chi connectivity index (χ2n) is 7.70. The van der Waals surface area contributed by atoms with E-state index in [9.17, 15) is 10.2 Å². The largest absolute Gasteiger partial charge is 0.474 e. The predicted octanol–water partition coefficient (Wildman–Crippen LogP) is 3.12. The van der Waals surface area contributed by atoms with Gasteiger partial charge in [0.1, 0.15) is 23.7 Å². The van der Waals surface area contributed by atoms with E-state index in [0.29, 0.717) is 11.5 Å². The fraction of sp³-hybridized carbons (Fsp3) is 0.273. The Morgan fingerprint density at radius 2 is 1.15 bits per heavy atom. The molecular formula is C22H18O4. The molecule has 2 aromatic rings. The van der Waals surface area contributed by atoms with Crippen LogP contribution < -0.4 is 9.47 Å². The van der Waals surface area contributed by atoms with Gasteiger partial charge in [-0.3, -0.25) is 0 Å². The van der Waals surface area contributed by atoms with Crippen molar-refractivity contribution < 1.29 is 19.7 Å². The summed E-state index contributed by atoms with van der Waals surface area (Å²) < 4.78 is 13.1. The van der Waals surface area contributed by atoms with E-state index in [4.69, 9.17) is 9.47 Å². The molecule has 0 fully saturated rings. The van der Waals surface area contributed by atoms with E-state index in [0.717, 1.165) is 33.4 Å². The first-order chi connectivity index (χ1) is 12.5. The molecule has 0 aromatic heterocycles. The molecule has 0 saturated heterocycles. The molecule has 4 heteroatoms. The van der Waals surface area contributed by atoms with Crippen LogP contribution in [-0.2, 0) is 11.2 Å². The molecule has 0 radical (unpaired) electrons. The average Bonchev–Trinajstić information content (AvgIpc) is 3.06. The van der Waals surface area contributed by atoms with Gasteiger partial charge in [0.25, 0.3) is 0 Å². The summed E-state index contributed by atoms with van der Waals surface area (Å²) in [7, 11) is 0. The van der Waals surface area contributed by atoms with Crippen molar-refractivity contribution in [1.29, 1.82) is 0 Å². The van der Waals surface area contributed by atoms with Gasteiger partial charge >= 0.3 is 0 Å². The number of aliphatic hydroxyl groups excluding tert-OH is 2. The third-order valence-electron chi connectivity index (χ3n) is 6.35. The van der Waals surface area contributed by atoms with Crippen LogP contribution in [0.15, 0.2) is 47.5 Å². The van der Waals surface area contributed by atoms with Crippen molar-refractivity contribution in [1.82, 2.24) is 0 Å². The maximum Gasteiger partial charge on any atom is 0.214 e. The van der Waals surface area contributed by atoms with E-state index in [2.05, 4.69) is 0 Å². The number of aliphatic hydroxyl groups is 2. The molecule has 0 saturated carbocycles. The summed E-state index contributed by atoms with van der Waals surface area (Å²) in [6.07, 6.45) is 2.11. The molecule has 0 unspecified atom stereocenters. The topological polar surface area (TPSA) is 58.9 Å². The summed E-state index contributed by atoms with van der Waals surface area (Å²) >= 11 is 0. The Bertz CT molecular complexity index is 980. The smallest absolute Gasteiger partial charge is 0.214 e. The fourth-order valence-electron chi connectivity index (χ4n) is 5.35. The summed E-state index contributed by atoms with van der Waals surface area (Å²) in [5.41, 5.74) is 2.81. The van der Waals surface area contributed by atoms with Gasteiger partial charge in [0.15, 0.2) is 0 Å². The van der Waals surface area contributed by atoms with Gasteiger partial charge in [-0.2, -0.15) is 0 Å². The van der Waals surface area contributed by atoms with E-state index < -0.39 is 23.4 Å². The number of hydrogen-bond donors (Lipinski definition) is 2. The van der Waals surface area contributed by atoms with Crippen molar-refractivity contribution in [2.75, 3.05) is 0 Å². The second kappa shape index (κ2) is 4.22. The Balaban J connectivity index is 1.80. The van der Waals surface area contributed by atoms with E-state index in [1.165, 1.54) is 0 Å². The molecule has 2 N–H and O–H groups in total. The zero-order chi connectivity index (χ0) is 17.8. The quantitative estimate of drug-likeness (QED) is 0.770. The van der Waals surface area contributed by atoms with Crippen LogP contribution in [0.2, 0.25) is 0 Å². The maximum atomic E-state index is 11.4. The van der Waals surface area contributed by atoms with Gasteiger partial charge in [-0.15, -0.1) is 0 Å². The molecule has 2 aromatic carbocycles. The molecule has 2 heterocycles. The van der Waals surface area contributed by atoms with Gasteiger partial charge in [0, 0.05) is 0 Å². The van der Waals surface area contributed by atoms with E-state index in [1.54, 1.807) is 0 Å². The molecule has 4 atom stereocenters. The first kappa shape index (κ1) is 14.6. The van der Waals surface area contributed by atoms with Crippen molar-refractivity contribution >= 4 is 12.2 Å². The maximum absolute atomic E-state index is 11.4. The van der Waals surface area contributed by atoms with Crippen LogP contribution in [0, 0.1) is 0 Å². The van der Waals surface area contributed by atoms with Gasteiger partial charge in [0.05, 0.1) is 11.1 Å². The van der Waals surface area contributed by atoms with E-state index >= 15 is 0 Å². The minimum atomic E-state index is -1.19. The van der Waals surface area contributed by atoms with E-state index in [1.807, 2.05) is 62.4 Å². The first-order valence-electron chi connectivity index (χ1n) is 8.88. The molecule has 4 aliphatic rings. The summed E-state index contributed by atoms with van der Waals surface area (Å²) in [4.78, 5) is 0. The normalized spacial score (nSPS) is 34.8. The van der Waals surface area contributed by atoms with Crippen LogP contribution in [0.3, 0.4) is 0 Å². The van der Waals surface area contributed by atoms with Gasteiger partial charge in [-0.05, 0) is 48.3 Å². The van der Waals surface area contributed by atoms with Crippen LogP contribution in [0.4, 0.5) is 0 Å². The van der Waals surface area contributed by atoms with Crippen molar-refractivity contribution in [2.45, 2.75) is 37.3 Å². The SMILES string of the molecule is CC1=Cc2cccc3c2[C@]2(Oc4cccc5c4[C@]2(O3)[C@H](O)C(C)=C5)[C@@H]1O. The molecule has 4 nitrogen and oxygen atoms in total. The van der Waals surface area contributed by atoms with Crippen LogP contribution in [0.5, 0.6) is 11.5 Å². The minimum absolute atomic E-state index is 0.666. The Kier molecular flexibility index (Phi) is 2.37. The lowest BCUT2D eigenvalue weighted by Crippen LogP contribution is -2.63. The van der Waals surface area contributed by atoms with Gasteiger partial charge in [-0.25, -0.2) is 0 Å². The Morgan fingerprint density at radius 3 is 1.58 bits per heavy atom. The van der Waals surface area contributed by atoms with Crippen LogP contribution in [0.1, 0.15) is 36.1 Å². The third-order valence-corrected chi connectivity index (χ3v) is 6.35. The monoisotopic (exact) mass is 346 g/mol. The molecule has 0 amide bonds. The molecule has 2 aliphatic carbocycles. The average molecular weight is 346 g/mol. The van der Waals surface area contributed by atoms with Crippen molar-refractivity contribution in [3.8, 4) is 11.5 Å². The molecule has 2 spiro atoms. The van der Waals surface area contributed by atoms with Crippen molar-refractivity contribution in [3.63, 3.8) is 0 Å². The van der Waals surface area contributed by atoms with Gasteiger partial charge < -0.3 is 19.7 Å². The molecule has 2 aliphatic heterocycles. The highest BCUT2D eigenvalue weighted by atomic mass is 16.6. The highest BCUT2D eigenvalue weighted by Crippen LogP contribution is 2.69. The molecule has 6 rings (SSSR count). The van der Waals surface area contributed by atoms with E-state index in [-0.39, 0.29) is 0 Å². The summed E-state index contributed by atoms with van der Waals surface area (Å²) in [5.74, 6) is 1.33. The minimum Gasteiger partial charge on any atom is -0.474 e. The zero-order valence-electron chi connectivity index (χ0n) is 14.5. The van der Waals surface area contributed by atoms with Crippen LogP contribution in [0.25, 0.3) is 12.2 Å². The number of hydrogen-bond acceptors (Lipinski definition) is 4. The lowest BCUT2D eigenvalue weighted by Gasteiger charge is -2.46. The van der Waals surface area contributed by atoms with Crippen LogP contribution >= 0.6 is 0 Å². The summed E-state index contributed by atoms with van der Waals surface area (Å²) in [6, 6.07) is 11.7. The second-order valence-corrected chi connectivity index (χ2v) is 7.70. The molecule has 26 heavy (non-hydrogen) atoms. The van der Waals surface area contributed by atoms with Gasteiger partial charge in [0.2, 0.25) is 11.2 Å². The number of rotatable bonds is 0. The number of benzene rings is 2. The molecule has 130 valence electrons. The lowest BCUT2D eigenvalue weighted by atomic mass is 9.63. The summed E-state index contributed by atoms with van der Waals surface area (Å²) in [6.45, 7) is 3.79. The Hall–Kier alpha value is -2.56. The third kappa shape index (κ3) is 1.26. The molecular weight excluding hydrogens is 328 g/mol. The highest BCUT2D eigenvalue weighted by Gasteiger charge is 2.76. The lowest BCUT2D eigenvalue weighted by molar-refractivity contribution is -0.171. The van der Waals surface area contributed by atoms with Gasteiger partial charge in [-0.1, -0.05) is 36.4 Å².